The Morgan fingerprint density at radius 1 is 1.23 bits per heavy atom. The fourth-order valence-corrected chi connectivity index (χ4v) is 3.08. The number of urea groups is 1. The van der Waals surface area contributed by atoms with Crippen molar-refractivity contribution in [2.45, 2.75) is 6.61 Å². The second-order valence-corrected chi connectivity index (χ2v) is 7.27. The van der Waals surface area contributed by atoms with Gasteiger partial charge in [-0.05, 0) is 42.0 Å². The molecule has 2 aromatic carbocycles. The molecule has 1 aliphatic heterocycles. The maximum atomic E-state index is 12.5. The van der Waals surface area contributed by atoms with Crippen molar-refractivity contribution in [1.82, 2.24) is 10.2 Å². The number of imide groups is 1. The van der Waals surface area contributed by atoms with E-state index in [9.17, 15) is 24.5 Å². The predicted molar refractivity (Wildman–Crippen MR) is 112 cm³/mol. The van der Waals surface area contributed by atoms with Crippen molar-refractivity contribution in [3.8, 4) is 5.75 Å². The summed E-state index contributed by atoms with van der Waals surface area (Å²) >= 11 is 3.35. The van der Waals surface area contributed by atoms with E-state index >= 15 is 0 Å². The summed E-state index contributed by atoms with van der Waals surface area (Å²) in [4.78, 5) is 47.0. The second-order valence-electron chi connectivity index (χ2n) is 6.35. The molecule has 0 saturated carbocycles. The van der Waals surface area contributed by atoms with Crippen LogP contribution in [0.4, 0.5) is 10.5 Å². The van der Waals surface area contributed by atoms with Gasteiger partial charge in [0.1, 0.15) is 24.6 Å². The molecule has 0 aromatic heterocycles. The van der Waals surface area contributed by atoms with Crippen LogP contribution in [0.15, 0.2) is 52.6 Å². The first-order valence-corrected chi connectivity index (χ1v) is 9.65. The fraction of sp³-hybridized carbons (Fsp3) is 0.150. The molecule has 3 amide bonds. The first-order chi connectivity index (χ1) is 14.8. The number of halogens is 1. The van der Waals surface area contributed by atoms with Gasteiger partial charge in [-0.3, -0.25) is 19.7 Å². The number of methoxy groups -OCH3 is 1. The van der Waals surface area contributed by atoms with Crippen molar-refractivity contribution < 1.29 is 28.8 Å². The Morgan fingerprint density at radius 3 is 2.58 bits per heavy atom. The van der Waals surface area contributed by atoms with Gasteiger partial charge in [-0.1, -0.05) is 15.9 Å². The molecule has 0 aliphatic carbocycles. The van der Waals surface area contributed by atoms with Gasteiger partial charge in [0, 0.05) is 22.2 Å². The van der Waals surface area contributed by atoms with E-state index in [-0.39, 0.29) is 18.0 Å². The Labute approximate surface area is 184 Å². The van der Waals surface area contributed by atoms with E-state index in [4.69, 9.17) is 4.74 Å². The van der Waals surface area contributed by atoms with Crippen molar-refractivity contribution in [3.05, 3.63) is 73.9 Å². The molecule has 10 nitrogen and oxygen atoms in total. The normalized spacial score (nSPS) is 14.5. The number of rotatable bonds is 7. The smallest absolute Gasteiger partial charge is 0.329 e. The summed E-state index contributed by atoms with van der Waals surface area (Å²) in [6.07, 6.45) is 1.44. The summed E-state index contributed by atoms with van der Waals surface area (Å²) < 4.78 is 11.0. The Morgan fingerprint density at radius 2 is 1.94 bits per heavy atom. The van der Waals surface area contributed by atoms with Gasteiger partial charge in [-0.25, -0.2) is 9.69 Å². The second kappa shape index (κ2) is 9.39. The number of benzene rings is 2. The molecule has 1 saturated heterocycles. The third-order valence-electron chi connectivity index (χ3n) is 4.29. The van der Waals surface area contributed by atoms with Crippen LogP contribution in [0, 0.1) is 10.1 Å². The van der Waals surface area contributed by atoms with Crippen LogP contribution in [0.3, 0.4) is 0 Å². The molecular formula is C20H16BrN3O7. The van der Waals surface area contributed by atoms with Gasteiger partial charge >= 0.3 is 12.0 Å². The van der Waals surface area contributed by atoms with Crippen LogP contribution in [0.1, 0.15) is 11.1 Å². The average molecular weight is 490 g/mol. The molecule has 0 radical (unpaired) electrons. The van der Waals surface area contributed by atoms with Gasteiger partial charge in [-0.15, -0.1) is 0 Å². The van der Waals surface area contributed by atoms with Crippen LogP contribution < -0.4 is 10.1 Å². The number of carbonyl (C=O) groups excluding carboxylic acids is 3. The molecule has 31 heavy (non-hydrogen) atoms. The van der Waals surface area contributed by atoms with Crippen LogP contribution in [0.25, 0.3) is 6.08 Å². The number of non-ortho nitro benzene ring substituents is 1. The molecule has 3 rings (SSSR count). The highest BCUT2D eigenvalue weighted by Crippen LogP contribution is 2.27. The number of nitrogens with zero attached hydrogens (tertiary/aromatic N) is 2. The lowest BCUT2D eigenvalue weighted by atomic mass is 10.1. The summed E-state index contributed by atoms with van der Waals surface area (Å²) in [6, 6.07) is 10.3. The number of hydrogen-bond acceptors (Lipinski definition) is 7. The molecule has 1 fully saturated rings. The highest BCUT2D eigenvalue weighted by atomic mass is 79.9. The summed E-state index contributed by atoms with van der Waals surface area (Å²) in [5.41, 5.74) is 1.17. The molecule has 0 unspecified atom stereocenters. The van der Waals surface area contributed by atoms with E-state index in [0.29, 0.717) is 21.3 Å². The van der Waals surface area contributed by atoms with Gasteiger partial charge in [0.15, 0.2) is 0 Å². The monoisotopic (exact) mass is 489 g/mol. The quantitative estimate of drug-likeness (QED) is 0.208. The zero-order valence-corrected chi connectivity index (χ0v) is 17.7. The molecule has 0 spiro atoms. The van der Waals surface area contributed by atoms with Crippen LogP contribution in [-0.2, 0) is 20.9 Å². The van der Waals surface area contributed by atoms with Gasteiger partial charge in [0.05, 0.1) is 12.0 Å². The van der Waals surface area contributed by atoms with E-state index in [1.807, 2.05) is 0 Å². The SMILES string of the molecule is COC(=O)CN1C(=O)N/C(=C/c2cc(Br)ccc2OCc2ccc([N+](=O)[O-])cc2)C1=O. The Balaban J connectivity index is 1.80. The van der Waals surface area contributed by atoms with Crippen molar-refractivity contribution in [1.29, 1.82) is 0 Å². The molecule has 1 heterocycles. The van der Waals surface area contributed by atoms with Crippen molar-refractivity contribution in [2.24, 2.45) is 0 Å². The number of nitrogens with one attached hydrogen (secondary N) is 1. The summed E-state index contributed by atoms with van der Waals surface area (Å²) in [5, 5.41) is 13.2. The topological polar surface area (TPSA) is 128 Å². The number of ether oxygens (including phenoxy) is 2. The summed E-state index contributed by atoms with van der Waals surface area (Å²) in [6.45, 7) is -0.370. The Bertz CT molecular complexity index is 1080. The van der Waals surface area contributed by atoms with Gasteiger partial charge in [0.25, 0.3) is 11.6 Å². The maximum absolute atomic E-state index is 12.5. The molecule has 1 aliphatic rings. The van der Waals surface area contributed by atoms with E-state index in [1.165, 1.54) is 18.2 Å². The fourth-order valence-electron chi connectivity index (χ4n) is 2.70. The zero-order valence-electron chi connectivity index (χ0n) is 16.2. The number of nitro groups is 1. The van der Waals surface area contributed by atoms with Crippen molar-refractivity contribution in [3.63, 3.8) is 0 Å². The minimum absolute atomic E-state index is 0.0211. The Hall–Kier alpha value is -3.73. The van der Waals surface area contributed by atoms with Gasteiger partial charge < -0.3 is 14.8 Å². The predicted octanol–water partition coefficient (Wildman–Crippen LogP) is 3.00. The molecular weight excluding hydrogens is 474 g/mol. The Kier molecular flexibility index (Phi) is 6.65. The van der Waals surface area contributed by atoms with Crippen LogP contribution in [-0.4, -0.2) is 41.4 Å². The first kappa shape index (κ1) is 22.0. The van der Waals surface area contributed by atoms with Crippen LogP contribution in [0.5, 0.6) is 5.75 Å². The molecule has 160 valence electrons. The van der Waals surface area contributed by atoms with Crippen molar-refractivity contribution in [2.75, 3.05) is 13.7 Å². The highest BCUT2D eigenvalue weighted by Gasteiger charge is 2.35. The first-order valence-electron chi connectivity index (χ1n) is 8.85. The third-order valence-corrected chi connectivity index (χ3v) is 4.78. The number of carbonyl (C=O) groups is 3. The minimum Gasteiger partial charge on any atom is -0.488 e. The zero-order chi connectivity index (χ0) is 22.5. The number of nitro benzene ring substituents is 1. The van der Waals surface area contributed by atoms with E-state index < -0.39 is 29.4 Å². The lowest BCUT2D eigenvalue weighted by Gasteiger charge is -2.11. The number of esters is 1. The number of hydrogen-bond donors (Lipinski definition) is 1. The molecule has 11 heteroatoms. The maximum Gasteiger partial charge on any atom is 0.329 e. The van der Waals surface area contributed by atoms with Crippen LogP contribution in [0.2, 0.25) is 0 Å². The molecule has 1 N–H and O–H groups in total. The van der Waals surface area contributed by atoms with Crippen molar-refractivity contribution >= 4 is 45.6 Å². The van der Waals surface area contributed by atoms with Gasteiger partial charge in [-0.2, -0.15) is 0 Å². The lowest BCUT2D eigenvalue weighted by molar-refractivity contribution is -0.384. The highest BCUT2D eigenvalue weighted by molar-refractivity contribution is 9.10. The largest absolute Gasteiger partial charge is 0.488 e. The standard InChI is InChI=1S/C20H16BrN3O7/c1-30-18(25)10-23-19(26)16(22-20(23)27)9-13-8-14(21)4-7-17(13)31-11-12-2-5-15(6-3-12)24(28)29/h2-9H,10-11H2,1H3,(H,22,27)/b16-9+. The van der Waals surface area contributed by atoms with Crippen LogP contribution >= 0.6 is 15.9 Å². The average Bonchev–Trinajstić information content (AvgIpc) is 3.00. The molecule has 2 aromatic rings. The minimum atomic E-state index is -0.731. The van der Waals surface area contributed by atoms with E-state index in [1.54, 1.807) is 30.3 Å². The van der Waals surface area contributed by atoms with E-state index in [2.05, 4.69) is 26.0 Å². The summed E-state index contributed by atoms with van der Waals surface area (Å²) in [5.74, 6) is -0.974. The van der Waals surface area contributed by atoms with E-state index in [0.717, 1.165) is 12.0 Å². The lowest BCUT2D eigenvalue weighted by Crippen LogP contribution is -2.36. The molecule has 0 bridgehead atoms. The number of amides is 3. The molecule has 0 atom stereocenters. The third kappa shape index (κ3) is 5.25. The summed E-state index contributed by atoms with van der Waals surface area (Å²) in [7, 11) is 1.16. The van der Waals surface area contributed by atoms with Gasteiger partial charge in [0.2, 0.25) is 0 Å².